The van der Waals surface area contributed by atoms with E-state index in [1.165, 1.54) is 5.56 Å². The normalized spacial score (nSPS) is 12.1. The summed E-state index contributed by atoms with van der Waals surface area (Å²) >= 11 is 6.05. The monoisotopic (exact) mass is 246 g/mol. The molecule has 2 aromatic rings. The lowest BCUT2D eigenvalue weighted by Crippen LogP contribution is -2.19. The fraction of sp³-hybridized carbons (Fsp3) is 0.214. The van der Waals surface area contributed by atoms with E-state index in [2.05, 4.69) is 41.5 Å². The van der Waals surface area contributed by atoms with E-state index in [9.17, 15) is 0 Å². The van der Waals surface area contributed by atoms with Crippen LogP contribution in [0.15, 0.2) is 48.7 Å². The van der Waals surface area contributed by atoms with Gasteiger partial charge in [0.25, 0.3) is 0 Å². The predicted molar refractivity (Wildman–Crippen MR) is 72.5 cm³/mol. The molecule has 0 fully saturated rings. The van der Waals surface area contributed by atoms with Gasteiger partial charge < -0.3 is 5.32 Å². The summed E-state index contributed by atoms with van der Waals surface area (Å²) in [6.45, 7) is 2.12. The van der Waals surface area contributed by atoms with Crippen LogP contribution >= 0.6 is 11.6 Å². The van der Waals surface area contributed by atoms with E-state index in [1.54, 1.807) is 6.20 Å². The molecule has 1 unspecified atom stereocenters. The minimum absolute atomic E-state index is 0.296. The van der Waals surface area contributed by atoms with Crippen molar-refractivity contribution in [1.29, 1.82) is 0 Å². The van der Waals surface area contributed by atoms with Crippen molar-refractivity contribution < 1.29 is 0 Å². The van der Waals surface area contributed by atoms with Crippen LogP contribution in [0, 0.1) is 0 Å². The first kappa shape index (κ1) is 11.9. The van der Waals surface area contributed by atoms with Gasteiger partial charge in [0.05, 0.1) is 5.02 Å². The second-order valence-electron chi connectivity index (χ2n) is 4.07. The van der Waals surface area contributed by atoms with E-state index in [0.717, 1.165) is 12.2 Å². The zero-order valence-electron chi connectivity index (χ0n) is 9.73. The Morgan fingerprint density at radius 2 is 1.94 bits per heavy atom. The molecule has 0 aliphatic carbocycles. The van der Waals surface area contributed by atoms with Crippen molar-refractivity contribution in [2.75, 3.05) is 5.32 Å². The Kier molecular flexibility index (Phi) is 3.99. The van der Waals surface area contributed by atoms with Crippen LogP contribution in [-0.4, -0.2) is 11.0 Å². The van der Waals surface area contributed by atoms with Gasteiger partial charge in [0, 0.05) is 12.2 Å². The molecule has 1 aromatic heterocycles. The molecule has 1 heterocycles. The van der Waals surface area contributed by atoms with Crippen molar-refractivity contribution in [2.45, 2.75) is 19.4 Å². The summed E-state index contributed by atoms with van der Waals surface area (Å²) in [6.07, 6.45) is 2.69. The van der Waals surface area contributed by atoms with Crippen LogP contribution in [0.1, 0.15) is 12.5 Å². The number of nitrogens with one attached hydrogen (secondary N) is 1. The molecule has 88 valence electrons. The largest absolute Gasteiger partial charge is 0.366 e. The van der Waals surface area contributed by atoms with Crippen LogP contribution in [0.5, 0.6) is 0 Å². The molecule has 2 rings (SSSR count). The molecule has 3 heteroatoms. The third kappa shape index (κ3) is 3.46. The van der Waals surface area contributed by atoms with Crippen LogP contribution < -0.4 is 5.32 Å². The maximum atomic E-state index is 6.05. The topological polar surface area (TPSA) is 24.9 Å². The maximum absolute atomic E-state index is 6.05. The number of halogens is 1. The van der Waals surface area contributed by atoms with Crippen molar-refractivity contribution in [3.8, 4) is 0 Å². The highest BCUT2D eigenvalue weighted by Crippen LogP contribution is 2.19. The molecular weight excluding hydrogens is 232 g/mol. The highest BCUT2D eigenvalue weighted by atomic mass is 35.5. The number of anilines is 1. The molecule has 0 aliphatic rings. The Hall–Kier alpha value is -1.54. The number of pyridine rings is 1. The lowest BCUT2D eigenvalue weighted by molar-refractivity contribution is 0.785. The van der Waals surface area contributed by atoms with E-state index >= 15 is 0 Å². The number of aromatic nitrogens is 1. The number of nitrogens with zero attached hydrogens (tertiary/aromatic N) is 1. The van der Waals surface area contributed by atoms with Crippen molar-refractivity contribution in [3.63, 3.8) is 0 Å². The number of rotatable bonds is 4. The van der Waals surface area contributed by atoms with Crippen LogP contribution in [0.4, 0.5) is 5.82 Å². The molecule has 17 heavy (non-hydrogen) atoms. The van der Waals surface area contributed by atoms with Crippen LogP contribution in [0.3, 0.4) is 0 Å². The van der Waals surface area contributed by atoms with Crippen molar-refractivity contribution in [1.82, 2.24) is 4.98 Å². The fourth-order valence-electron chi connectivity index (χ4n) is 1.74. The highest BCUT2D eigenvalue weighted by Gasteiger charge is 2.06. The van der Waals surface area contributed by atoms with Crippen molar-refractivity contribution in [3.05, 3.63) is 59.2 Å². The summed E-state index contributed by atoms with van der Waals surface area (Å²) in [5.74, 6) is 0.748. The molecule has 0 amide bonds. The third-order valence-corrected chi connectivity index (χ3v) is 2.83. The van der Waals surface area contributed by atoms with Gasteiger partial charge in [-0.15, -0.1) is 0 Å². The number of hydrogen-bond acceptors (Lipinski definition) is 2. The van der Waals surface area contributed by atoms with Gasteiger partial charge in [0.2, 0.25) is 0 Å². The van der Waals surface area contributed by atoms with Crippen LogP contribution in [0.2, 0.25) is 5.02 Å². The summed E-state index contributed by atoms with van der Waals surface area (Å²) < 4.78 is 0. The smallest absolute Gasteiger partial charge is 0.144 e. The van der Waals surface area contributed by atoms with Gasteiger partial charge in [-0.25, -0.2) is 4.98 Å². The molecule has 1 atom stereocenters. The molecule has 1 aromatic carbocycles. The number of hydrogen-bond donors (Lipinski definition) is 1. The SMILES string of the molecule is CC(Cc1ccccc1)Nc1ncccc1Cl. The second-order valence-corrected chi connectivity index (χ2v) is 4.48. The molecular formula is C14H15ClN2. The predicted octanol–water partition coefficient (Wildman–Crippen LogP) is 3.78. The fourth-order valence-corrected chi connectivity index (χ4v) is 1.92. The number of benzene rings is 1. The second kappa shape index (κ2) is 5.69. The lowest BCUT2D eigenvalue weighted by atomic mass is 10.1. The Balaban J connectivity index is 1.98. The van der Waals surface area contributed by atoms with Gasteiger partial charge in [-0.1, -0.05) is 41.9 Å². The quantitative estimate of drug-likeness (QED) is 0.888. The summed E-state index contributed by atoms with van der Waals surface area (Å²) in [6, 6.07) is 14.3. The highest BCUT2D eigenvalue weighted by molar-refractivity contribution is 6.32. The molecule has 0 saturated carbocycles. The van der Waals surface area contributed by atoms with Gasteiger partial charge in [-0.05, 0) is 31.0 Å². The van der Waals surface area contributed by atoms with E-state index in [1.807, 2.05) is 18.2 Å². The third-order valence-electron chi connectivity index (χ3n) is 2.53. The van der Waals surface area contributed by atoms with Gasteiger partial charge in [0.1, 0.15) is 5.82 Å². The molecule has 1 N–H and O–H groups in total. The van der Waals surface area contributed by atoms with Gasteiger partial charge in [-0.3, -0.25) is 0 Å². The van der Waals surface area contributed by atoms with E-state index in [-0.39, 0.29) is 0 Å². The Morgan fingerprint density at radius 3 is 2.65 bits per heavy atom. The average Bonchev–Trinajstić information content (AvgIpc) is 2.33. The Bertz CT molecular complexity index is 471. The molecule has 0 spiro atoms. The van der Waals surface area contributed by atoms with E-state index in [4.69, 9.17) is 11.6 Å². The van der Waals surface area contributed by atoms with E-state index < -0.39 is 0 Å². The molecule has 0 bridgehead atoms. The Labute approximate surface area is 107 Å². The zero-order chi connectivity index (χ0) is 12.1. The first-order valence-corrected chi connectivity index (χ1v) is 6.04. The van der Waals surface area contributed by atoms with Crippen LogP contribution in [-0.2, 0) is 6.42 Å². The van der Waals surface area contributed by atoms with Gasteiger partial charge in [-0.2, -0.15) is 0 Å². The van der Waals surface area contributed by atoms with Crippen LogP contribution in [0.25, 0.3) is 0 Å². The average molecular weight is 247 g/mol. The Morgan fingerprint density at radius 1 is 1.18 bits per heavy atom. The standard InChI is InChI=1S/C14H15ClN2/c1-11(10-12-6-3-2-4-7-12)17-14-13(15)8-5-9-16-14/h2-9,11H,10H2,1H3,(H,16,17). The summed E-state index contributed by atoms with van der Waals surface area (Å²) in [5.41, 5.74) is 1.31. The molecule has 0 aliphatic heterocycles. The van der Waals surface area contributed by atoms with Gasteiger partial charge in [0.15, 0.2) is 0 Å². The van der Waals surface area contributed by atoms with E-state index in [0.29, 0.717) is 11.1 Å². The van der Waals surface area contributed by atoms with Crippen molar-refractivity contribution >= 4 is 17.4 Å². The van der Waals surface area contributed by atoms with Gasteiger partial charge >= 0.3 is 0 Å². The summed E-state index contributed by atoms with van der Waals surface area (Å²) in [7, 11) is 0. The summed E-state index contributed by atoms with van der Waals surface area (Å²) in [5, 5.41) is 3.98. The minimum Gasteiger partial charge on any atom is -0.366 e. The first-order valence-electron chi connectivity index (χ1n) is 5.66. The zero-order valence-corrected chi connectivity index (χ0v) is 10.5. The maximum Gasteiger partial charge on any atom is 0.144 e. The molecule has 0 radical (unpaired) electrons. The molecule has 0 saturated heterocycles. The van der Waals surface area contributed by atoms with Crippen molar-refractivity contribution in [2.24, 2.45) is 0 Å². The minimum atomic E-state index is 0.296. The molecule has 2 nitrogen and oxygen atoms in total. The lowest BCUT2D eigenvalue weighted by Gasteiger charge is -2.15. The first-order chi connectivity index (χ1) is 8.25. The summed E-state index contributed by atoms with van der Waals surface area (Å²) in [4.78, 5) is 4.22.